The summed E-state index contributed by atoms with van der Waals surface area (Å²) in [5, 5.41) is 2.96. The SMILES string of the molecule is CC(CC(=O)NCc1ncc2ccccn12)c1ccccc1. The highest BCUT2D eigenvalue weighted by Crippen LogP contribution is 2.18. The molecule has 3 rings (SSSR count). The number of carbonyl (C=O) groups excluding carboxylic acids is 1. The molecule has 1 amide bonds. The number of pyridine rings is 1. The number of aromatic nitrogens is 2. The number of nitrogens with zero attached hydrogens (tertiary/aromatic N) is 2. The lowest BCUT2D eigenvalue weighted by Gasteiger charge is -2.11. The molecular formula is C18H19N3O. The van der Waals surface area contributed by atoms with Gasteiger partial charge in [0.1, 0.15) is 5.82 Å². The van der Waals surface area contributed by atoms with Crippen LogP contribution in [0, 0.1) is 0 Å². The lowest BCUT2D eigenvalue weighted by molar-refractivity contribution is -0.121. The van der Waals surface area contributed by atoms with Crippen molar-refractivity contribution in [3.63, 3.8) is 0 Å². The second kappa shape index (κ2) is 6.43. The quantitative estimate of drug-likeness (QED) is 0.785. The predicted molar refractivity (Wildman–Crippen MR) is 86.5 cm³/mol. The zero-order chi connectivity index (χ0) is 15.4. The topological polar surface area (TPSA) is 46.4 Å². The Balaban J connectivity index is 1.58. The van der Waals surface area contributed by atoms with E-state index in [0.29, 0.717) is 13.0 Å². The van der Waals surface area contributed by atoms with E-state index < -0.39 is 0 Å². The summed E-state index contributed by atoms with van der Waals surface area (Å²) < 4.78 is 1.99. The Morgan fingerprint density at radius 1 is 1.18 bits per heavy atom. The Labute approximate surface area is 129 Å². The van der Waals surface area contributed by atoms with E-state index in [1.54, 1.807) is 0 Å². The number of fused-ring (bicyclic) bond motifs is 1. The largest absolute Gasteiger partial charge is 0.349 e. The maximum Gasteiger partial charge on any atom is 0.220 e. The minimum absolute atomic E-state index is 0.0454. The third kappa shape index (κ3) is 3.17. The fourth-order valence-electron chi connectivity index (χ4n) is 2.56. The summed E-state index contributed by atoms with van der Waals surface area (Å²) in [7, 11) is 0. The monoisotopic (exact) mass is 293 g/mol. The maximum absolute atomic E-state index is 12.1. The predicted octanol–water partition coefficient (Wildman–Crippen LogP) is 3.14. The molecule has 1 aromatic carbocycles. The van der Waals surface area contributed by atoms with Gasteiger partial charge in [0.15, 0.2) is 0 Å². The van der Waals surface area contributed by atoms with Crippen molar-refractivity contribution in [2.24, 2.45) is 0 Å². The number of hydrogen-bond acceptors (Lipinski definition) is 2. The van der Waals surface area contributed by atoms with E-state index in [4.69, 9.17) is 0 Å². The fraction of sp³-hybridized carbons (Fsp3) is 0.222. The average molecular weight is 293 g/mol. The molecule has 0 radical (unpaired) electrons. The van der Waals surface area contributed by atoms with Crippen LogP contribution in [0.25, 0.3) is 5.52 Å². The normalized spacial score (nSPS) is 12.2. The number of benzene rings is 1. The summed E-state index contributed by atoms with van der Waals surface area (Å²) in [6.45, 7) is 2.51. The van der Waals surface area contributed by atoms with Gasteiger partial charge in [0.2, 0.25) is 5.91 Å². The lowest BCUT2D eigenvalue weighted by atomic mass is 9.98. The van der Waals surface area contributed by atoms with Gasteiger partial charge < -0.3 is 9.72 Å². The molecule has 0 saturated heterocycles. The van der Waals surface area contributed by atoms with Crippen molar-refractivity contribution in [3.05, 3.63) is 72.3 Å². The molecule has 0 aliphatic carbocycles. The highest BCUT2D eigenvalue weighted by Gasteiger charge is 2.11. The van der Waals surface area contributed by atoms with E-state index in [1.807, 2.05) is 53.2 Å². The van der Waals surface area contributed by atoms with Crippen LogP contribution in [0.1, 0.15) is 30.7 Å². The molecule has 112 valence electrons. The van der Waals surface area contributed by atoms with E-state index in [2.05, 4.69) is 29.4 Å². The molecule has 3 aromatic rings. The highest BCUT2D eigenvalue weighted by atomic mass is 16.1. The fourth-order valence-corrected chi connectivity index (χ4v) is 2.56. The van der Waals surface area contributed by atoms with Gasteiger partial charge in [-0.1, -0.05) is 43.3 Å². The van der Waals surface area contributed by atoms with Crippen molar-refractivity contribution < 1.29 is 4.79 Å². The highest BCUT2D eigenvalue weighted by molar-refractivity contribution is 5.76. The molecule has 4 nitrogen and oxygen atoms in total. The molecule has 0 spiro atoms. The number of carbonyl (C=O) groups is 1. The van der Waals surface area contributed by atoms with Gasteiger partial charge in [-0.25, -0.2) is 4.98 Å². The molecule has 0 saturated carbocycles. The van der Waals surface area contributed by atoms with Crippen molar-refractivity contribution in [2.75, 3.05) is 0 Å². The first kappa shape index (κ1) is 14.3. The summed E-state index contributed by atoms with van der Waals surface area (Å²) in [6, 6.07) is 16.0. The third-order valence-corrected chi connectivity index (χ3v) is 3.82. The van der Waals surface area contributed by atoms with Crippen LogP contribution in [0.2, 0.25) is 0 Å². The molecule has 0 bridgehead atoms. The van der Waals surface area contributed by atoms with E-state index in [-0.39, 0.29) is 11.8 Å². The summed E-state index contributed by atoms with van der Waals surface area (Å²) in [5.41, 5.74) is 2.22. The van der Waals surface area contributed by atoms with Crippen LogP contribution in [0.5, 0.6) is 0 Å². The van der Waals surface area contributed by atoms with Gasteiger partial charge in [0, 0.05) is 12.6 Å². The first-order valence-corrected chi connectivity index (χ1v) is 7.46. The first-order chi connectivity index (χ1) is 10.7. The number of nitrogens with one attached hydrogen (secondary N) is 1. The molecule has 1 N–H and O–H groups in total. The van der Waals surface area contributed by atoms with Crippen LogP contribution in [0.3, 0.4) is 0 Å². The van der Waals surface area contributed by atoms with Crippen molar-refractivity contribution in [1.82, 2.24) is 14.7 Å². The Bertz CT molecular complexity index is 764. The van der Waals surface area contributed by atoms with Crippen molar-refractivity contribution in [2.45, 2.75) is 25.8 Å². The van der Waals surface area contributed by atoms with Gasteiger partial charge in [-0.05, 0) is 23.6 Å². The molecule has 2 aromatic heterocycles. The van der Waals surface area contributed by atoms with Crippen LogP contribution >= 0.6 is 0 Å². The summed E-state index contributed by atoms with van der Waals surface area (Å²) in [5.74, 6) is 1.10. The number of rotatable bonds is 5. The van der Waals surface area contributed by atoms with Gasteiger partial charge >= 0.3 is 0 Å². The van der Waals surface area contributed by atoms with E-state index in [1.165, 1.54) is 5.56 Å². The minimum atomic E-state index is 0.0454. The average Bonchev–Trinajstić information content (AvgIpc) is 2.97. The summed E-state index contributed by atoms with van der Waals surface area (Å²) in [4.78, 5) is 16.5. The van der Waals surface area contributed by atoms with Crippen molar-refractivity contribution >= 4 is 11.4 Å². The number of imidazole rings is 1. The summed E-state index contributed by atoms with van der Waals surface area (Å²) in [6.07, 6.45) is 4.25. The van der Waals surface area contributed by atoms with E-state index >= 15 is 0 Å². The van der Waals surface area contributed by atoms with Gasteiger partial charge in [0.05, 0.1) is 18.3 Å². The molecule has 0 aliphatic rings. The Hall–Kier alpha value is -2.62. The lowest BCUT2D eigenvalue weighted by Crippen LogP contribution is -2.25. The van der Waals surface area contributed by atoms with Crippen LogP contribution in [-0.2, 0) is 11.3 Å². The zero-order valence-electron chi connectivity index (χ0n) is 12.6. The molecule has 2 heterocycles. The van der Waals surface area contributed by atoms with E-state index in [0.717, 1.165) is 11.3 Å². The van der Waals surface area contributed by atoms with Gasteiger partial charge in [-0.3, -0.25) is 4.79 Å². The molecule has 0 fully saturated rings. The second-order valence-corrected chi connectivity index (χ2v) is 5.46. The Morgan fingerprint density at radius 3 is 2.77 bits per heavy atom. The standard InChI is InChI=1S/C18H19N3O/c1-14(15-7-3-2-4-8-15)11-18(22)20-13-17-19-12-16-9-5-6-10-21(16)17/h2-10,12,14H,11,13H2,1H3,(H,20,22). The van der Waals surface area contributed by atoms with Gasteiger partial charge in [-0.2, -0.15) is 0 Å². The molecule has 0 aliphatic heterocycles. The van der Waals surface area contributed by atoms with Crippen molar-refractivity contribution in [1.29, 1.82) is 0 Å². The Kier molecular flexibility index (Phi) is 4.19. The molecule has 1 unspecified atom stereocenters. The number of amides is 1. The van der Waals surface area contributed by atoms with E-state index in [9.17, 15) is 4.79 Å². The Morgan fingerprint density at radius 2 is 1.95 bits per heavy atom. The molecule has 4 heteroatoms. The first-order valence-electron chi connectivity index (χ1n) is 7.46. The van der Waals surface area contributed by atoms with Crippen LogP contribution < -0.4 is 5.32 Å². The van der Waals surface area contributed by atoms with Crippen LogP contribution in [-0.4, -0.2) is 15.3 Å². The summed E-state index contributed by atoms with van der Waals surface area (Å²) >= 11 is 0. The maximum atomic E-state index is 12.1. The number of hydrogen-bond donors (Lipinski definition) is 1. The molecule has 22 heavy (non-hydrogen) atoms. The molecular weight excluding hydrogens is 274 g/mol. The van der Waals surface area contributed by atoms with Gasteiger partial charge in [0.25, 0.3) is 0 Å². The molecule has 1 atom stereocenters. The second-order valence-electron chi connectivity index (χ2n) is 5.46. The smallest absolute Gasteiger partial charge is 0.220 e. The van der Waals surface area contributed by atoms with Crippen LogP contribution in [0.15, 0.2) is 60.9 Å². The third-order valence-electron chi connectivity index (χ3n) is 3.82. The van der Waals surface area contributed by atoms with Gasteiger partial charge in [-0.15, -0.1) is 0 Å². The minimum Gasteiger partial charge on any atom is -0.349 e. The van der Waals surface area contributed by atoms with Crippen LogP contribution in [0.4, 0.5) is 0 Å². The zero-order valence-corrected chi connectivity index (χ0v) is 12.6. The van der Waals surface area contributed by atoms with Crippen molar-refractivity contribution in [3.8, 4) is 0 Å².